The highest BCUT2D eigenvalue weighted by Gasteiger charge is 2.21. The minimum atomic E-state index is -0.423. The van der Waals surface area contributed by atoms with E-state index in [0.717, 1.165) is 37.4 Å². The van der Waals surface area contributed by atoms with Crippen LogP contribution in [0.3, 0.4) is 0 Å². The number of thioether (sulfide) groups is 1. The largest absolute Gasteiger partial charge is 0.355 e. The van der Waals surface area contributed by atoms with Crippen LogP contribution < -0.4 is 26.9 Å². The van der Waals surface area contributed by atoms with Gasteiger partial charge in [0.25, 0.3) is 0 Å². The highest BCUT2D eigenvalue weighted by Crippen LogP contribution is 2.25. The molecule has 196 valence electrons. The molecular weight excluding hydrogens is 466 g/mol. The summed E-state index contributed by atoms with van der Waals surface area (Å²) >= 11 is 1.52. The van der Waals surface area contributed by atoms with Gasteiger partial charge >= 0.3 is 11.4 Å². The molecule has 1 fully saturated rings. The second-order valence-electron chi connectivity index (χ2n) is 9.27. The molecule has 2 aromatic rings. The molecule has 1 aliphatic carbocycles. The summed E-state index contributed by atoms with van der Waals surface area (Å²) in [5.74, 6) is 2.20. The number of hydrogen-bond donors (Lipinski definition) is 2. The van der Waals surface area contributed by atoms with Crippen LogP contribution in [0.5, 0.6) is 0 Å². The molecule has 0 amide bonds. The minimum absolute atomic E-state index is 0.0219. The summed E-state index contributed by atoms with van der Waals surface area (Å²) in [5.41, 5.74) is -0.681. The van der Waals surface area contributed by atoms with E-state index in [1.54, 1.807) is 26.0 Å². The Bertz CT molecular complexity index is 1060. The fraction of sp³-hybridized carbons (Fsp3) is 0.739. The highest BCUT2D eigenvalue weighted by molar-refractivity contribution is 7.98. The van der Waals surface area contributed by atoms with E-state index in [4.69, 9.17) is 0 Å². The summed E-state index contributed by atoms with van der Waals surface area (Å²) < 4.78 is 2.77. The van der Waals surface area contributed by atoms with Crippen molar-refractivity contribution < 1.29 is 0 Å². The predicted molar refractivity (Wildman–Crippen MR) is 144 cm³/mol. The Balaban J connectivity index is 0.000000247. The summed E-state index contributed by atoms with van der Waals surface area (Å²) in [4.78, 5) is 42.9. The normalized spacial score (nSPS) is 14.8. The van der Waals surface area contributed by atoms with Crippen LogP contribution >= 0.6 is 11.8 Å². The predicted octanol–water partition coefficient (Wildman–Crippen LogP) is 2.99. The van der Waals surface area contributed by atoms with Crippen molar-refractivity contribution in [2.45, 2.75) is 77.0 Å². The van der Waals surface area contributed by atoms with Crippen LogP contribution in [0.15, 0.2) is 14.7 Å². The maximum atomic E-state index is 12.3. The molecule has 1 saturated carbocycles. The third-order valence-electron chi connectivity index (χ3n) is 6.02. The summed E-state index contributed by atoms with van der Waals surface area (Å²) in [5, 5.41) is 7.14. The van der Waals surface area contributed by atoms with Gasteiger partial charge in [-0.15, -0.1) is 0 Å². The van der Waals surface area contributed by atoms with Crippen molar-refractivity contribution in [1.82, 2.24) is 29.1 Å². The van der Waals surface area contributed by atoms with E-state index in [-0.39, 0.29) is 11.7 Å². The first-order valence-corrected chi connectivity index (χ1v) is 13.5. The maximum absolute atomic E-state index is 12.3. The van der Waals surface area contributed by atoms with Gasteiger partial charge in [0.15, 0.2) is 5.16 Å². The van der Waals surface area contributed by atoms with Gasteiger partial charge in [-0.05, 0) is 38.9 Å². The molecule has 1 aliphatic rings. The molecule has 11 nitrogen and oxygen atoms in total. The molecule has 1 atom stereocenters. The second-order valence-corrected chi connectivity index (χ2v) is 10.0. The molecular formula is C23H41N9O2S. The molecule has 0 spiro atoms. The van der Waals surface area contributed by atoms with Gasteiger partial charge in [0.1, 0.15) is 0 Å². The van der Waals surface area contributed by atoms with E-state index in [0.29, 0.717) is 29.8 Å². The lowest BCUT2D eigenvalue weighted by atomic mass is 9.95. The van der Waals surface area contributed by atoms with Gasteiger partial charge < -0.3 is 15.5 Å². The third-order valence-corrected chi connectivity index (χ3v) is 6.57. The molecule has 12 heteroatoms. The SMILES string of the molecule is CCNc1nc(NC(C)C(C)C)nc(SC)n1.CN(C)c1nc(=O)n(C2CCCCC2)c(=O)n1C. The van der Waals surface area contributed by atoms with Gasteiger partial charge in [-0.2, -0.15) is 19.9 Å². The smallest absolute Gasteiger partial charge is 0.354 e. The summed E-state index contributed by atoms with van der Waals surface area (Å²) in [6, 6.07) is 0.357. The molecule has 35 heavy (non-hydrogen) atoms. The van der Waals surface area contributed by atoms with Gasteiger partial charge in [0.2, 0.25) is 17.8 Å². The fourth-order valence-corrected chi connectivity index (χ4v) is 4.07. The molecule has 0 radical (unpaired) electrons. The first-order valence-electron chi connectivity index (χ1n) is 12.3. The minimum Gasteiger partial charge on any atom is -0.354 e. The van der Waals surface area contributed by atoms with E-state index in [2.05, 4.69) is 51.3 Å². The molecule has 2 N–H and O–H groups in total. The van der Waals surface area contributed by atoms with E-state index in [9.17, 15) is 9.59 Å². The first kappa shape index (κ1) is 28.6. The van der Waals surface area contributed by atoms with Crippen molar-refractivity contribution in [2.24, 2.45) is 13.0 Å². The van der Waals surface area contributed by atoms with Crippen LogP contribution in [0.1, 0.15) is 65.8 Å². The van der Waals surface area contributed by atoms with Crippen molar-refractivity contribution in [1.29, 1.82) is 0 Å². The average molecular weight is 508 g/mol. The quantitative estimate of drug-likeness (QED) is 0.515. The Morgan fingerprint density at radius 1 is 1.03 bits per heavy atom. The Morgan fingerprint density at radius 3 is 2.20 bits per heavy atom. The molecule has 1 unspecified atom stereocenters. The van der Waals surface area contributed by atoms with Gasteiger partial charge in [-0.25, -0.2) is 14.2 Å². The molecule has 2 aromatic heterocycles. The Hall–Kier alpha value is -2.63. The number of anilines is 3. The average Bonchev–Trinajstić information content (AvgIpc) is 2.82. The highest BCUT2D eigenvalue weighted by atomic mass is 32.2. The number of nitrogens with zero attached hydrogens (tertiary/aromatic N) is 7. The number of rotatable bonds is 8. The molecule has 0 aromatic carbocycles. The van der Waals surface area contributed by atoms with E-state index < -0.39 is 5.69 Å². The molecule has 3 rings (SSSR count). The third kappa shape index (κ3) is 7.94. The fourth-order valence-electron chi connectivity index (χ4n) is 3.71. The summed E-state index contributed by atoms with van der Waals surface area (Å²) in [6.45, 7) is 9.28. The lowest BCUT2D eigenvalue weighted by Crippen LogP contribution is -2.45. The molecule has 0 bridgehead atoms. The van der Waals surface area contributed by atoms with Crippen LogP contribution in [-0.4, -0.2) is 62.0 Å². The van der Waals surface area contributed by atoms with Gasteiger partial charge in [0, 0.05) is 39.8 Å². The first-order chi connectivity index (χ1) is 16.6. The monoisotopic (exact) mass is 507 g/mol. The topological polar surface area (TPSA) is 123 Å². The van der Waals surface area contributed by atoms with Crippen molar-refractivity contribution in [2.75, 3.05) is 42.4 Å². The number of aromatic nitrogens is 6. The van der Waals surface area contributed by atoms with Gasteiger partial charge in [-0.3, -0.25) is 4.57 Å². The number of nitrogens with one attached hydrogen (secondary N) is 2. The van der Waals surface area contributed by atoms with Crippen molar-refractivity contribution in [3.63, 3.8) is 0 Å². The van der Waals surface area contributed by atoms with Crippen LogP contribution in [0.4, 0.5) is 17.8 Å². The molecule has 0 aliphatic heterocycles. The molecule has 2 heterocycles. The molecule has 0 saturated heterocycles. The van der Waals surface area contributed by atoms with E-state index in [1.165, 1.54) is 27.3 Å². The van der Waals surface area contributed by atoms with E-state index >= 15 is 0 Å². The van der Waals surface area contributed by atoms with Crippen LogP contribution in [0.2, 0.25) is 0 Å². The number of hydrogen-bond acceptors (Lipinski definition) is 10. The standard InChI is InChI=1S/C12H20N4O2.C11H21N5S/c1-14(2)10-13-11(17)16(12(18)15(10)3)9-7-5-4-6-8-9;1-6-12-9-14-10(13-8(4)7(2)3)16-11(15-9)17-5/h9H,4-8H2,1-3H3;7-8H,6H2,1-5H3,(H2,12,13,14,15,16). The zero-order chi connectivity index (χ0) is 26.1. The zero-order valence-electron chi connectivity index (χ0n) is 22.3. The maximum Gasteiger partial charge on any atom is 0.355 e. The van der Waals surface area contributed by atoms with Crippen molar-refractivity contribution >= 4 is 29.6 Å². The Morgan fingerprint density at radius 2 is 1.66 bits per heavy atom. The lowest BCUT2D eigenvalue weighted by molar-refractivity contribution is 0.326. The zero-order valence-corrected chi connectivity index (χ0v) is 23.1. The van der Waals surface area contributed by atoms with Gasteiger partial charge in [-0.1, -0.05) is 44.9 Å². The summed E-state index contributed by atoms with van der Waals surface area (Å²) in [7, 11) is 5.20. The Kier molecular flexibility index (Phi) is 11.0. The van der Waals surface area contributed by atoms with Crippen LogP contribution in [-0.2, 0) is 7.05 Å². The Labute approximate surface area is 212 Å². The lowest BCUT2D eigenvalue weighted by Gasteiger charge is -2.24. The second kappa shape index (κ2) is 13.5. The van der Waals surface area contributed by atoms with Crippen LogP contribution in [0, 0.1) is 5.92 Å². The summed E-state index contributed by atoms with van der Waals surface area (Å²) in [6.07, 6.45) is 7.11. The van der Waals surface area contributed by atoms with Crippen molar-refractivity contribution in [3.05, 3.63) is 21.0 Å². The van der Waals surface area contributed by atoms with Crippen LogP contribution in [0.25, 0.3) is 0 Å². The van der Waals surface area contributed by atoms with E-state index in [1.807, 2.05) is 13.2 Å². The van der Waals surface area contributed by atoms with Gasteiger partial charge in [0.05, 0.1) is 0 Å². The van der Waals surface area contributed by atoms with Crippen molar-refractivity contribution in [3.8, 4) is 0 Å².